The Hall–Kier alpha value is -4.68. The van der Waals surface area contributed by atoms with Crippen molar-refractivity contribution in [2.45, 2.75) is 26.2 Å². The van der Waals surface area contributed by atoms with Gasteiger partial charge in [-0.25, -0.2) is 4.57 Å². The van der Waals surface area contributed by atoms with E-state index in [1.807, 2.05) is 43.6 Å². The van der Waals surface area contributed by atoms with Crippen molar-refractivity contribution in [2.24, 2.45) is 7.05 Å². The van der Waals surface area contributed by atoms with E-state index in [0.29, 0.717) is 5.56 Å². The summed E-state index contributed by atoms with van der Waals surface area (Å²) in [6.07, 6.45) is 2.05. The molecule has 38 heavy (non-hydrogen) atoms. The lowest BCUT2D eigenvalue weighted by Gasteiger charge is -2.26. The second kappa shape index (κ2) is 9.01. The lowest BCUT2D eigenvalue weighted by atomic mass is 9.78. The number of fused-ring (bicyclic) bond motifs is 3. The fraction of sp³-hybridized carbons (Fsp3) is 0.143. The molecule has 0 aliphatic carbocycles. The number of aromatic nitrogens is 1. The van der Waals surface area contributed by atoms with Crippen LogP contribution in [0.15, 0.2) is 108 Å². The van der Waals surface area contributed by atoms with Crippen LogP contribution in [0.5, 0.6) is 0 Å². The van der Waals surface area contributed by atoms with E-state index in [1.165, 1.54) is 11.1 Å². The van der Waals surface area contributed by atoms with Gasteiger partial charge < -0.3 is 4.42 Å². The highest BCUT2D eigenvalue weighted by molar-refractivity contribution is 6.13. The van der Waals surface area contributed by atoms with Crippen LogP contribution < -0.4 is 4.57 Å². The Balaban J connectivity index is 1.55. The third kappa shape index (κ3) is 3.78. The molecule has 2 heterocycles. The number of hydrogen-bond donors (Lipinski definition) is 0. The third-order valence-corrected chi connectivity index (χ3v) is 7.80. The van der Waals surface area contributed by atoms with Gasteiger partial charge in [0.25, 0.3) is 0 Å². The first-order valence-corrected chi connectivity index (χ1v) is 12.9. The first-order valence-electron chi connectivity index (χ1n) is 12.9. The van der Waals surface area contributed by atoms with Crippen molar-refractivity contribution in [3.8, 4) is 28.5 Å². The summed E-state index contributed by atoms with van der Waals surface area (Å²) in [4.78, 5) is 0. The molecule has 0 atom stereocenters. The Bertz CT molecular complexity index is 1850. The summed E-state index contributed by atoms with van der Waals surface area (Å²) in [5, 5.41) is 11.9. The van der Waals surface area contributed by atoms with Gasteiger partial charge >= 0.3 is 0 Å². The van der Waals surface area contributed by atoms with Crippen LogP contribution in [0.4, 0.5) is 0 Å². The van der Waals surface area contributed by atoms with E-state index in [9.17, 15) is 5.26 Å². The molecule has 0 aliphatic rings. The monoisotopic (exact) mass is 493 g/mol. The second-order valence-electron chi connectivity index (χ2n) is 10.5. The number of nitriles is 1. The molecule has 2 aromatic heterocycles. The molecule has 0 saturated heterocycles. The molecule has 0 unspecified atom stereocenters. The van der Waals surface area contributed by atoms with Gasteiger partial charge in [0.1, 0.15) is 18.2 Å². The van der Waals surface area contributed by atoms with Gasteiger partial charge in [-0.1, -0.05) is 80.6 Å². The van der Waals surface area contributed by atoms with Crippen molar-refractivity contribution >= 4 is 21.9 Å². The zero-order valence-corrected chi connectivity index (χ0v) is 22.1. The van der Waals surface area contributed by atoms with Crippen molar-refractivity contribution in [2.75, 3.05) is 0 Å². The largest absolute Gasteiger partial charge is 0.454 e. The van der Waals surface area contributed by atoms with Crippen LogP contribution in [0, 0.1) is 18.3 Å². The van der Waals surface area contributed by atoms with Gasteiger partial charge in [0, 0.05) is 33.9 Å². The summed E-state index contributed by atoms with van der Waals surface area (Å²) in [5.74, 6) is 0. The van der Waals surface area contributed by atoms with Gasteiger partial charge in [-0.3, -0.25) is 0 Å². The minimum Gasteiger partial charge on any atom is -0.454 e. The van der Waals surface area contributed by atoms with Gasteiger partial charge in [-0.2, -0.15) is 5.26 Å². The highest BCUT2D eigenvalue weighted by atomic mass is 16.3. The second-order valence-corrected chi connectivity index (χ2v) is 10.5. The van der Waals surface area contributed by atoms with E-state index < -0.39 is 0 Å². The Kier molecular flexibility index (Phi) is 5.62. The SMILES string of the molecule is Cc1ccc2c(oc3c(-c4ccc(C(C)(C)c5ccccc5)cc4)cc(C#N)cc32)c1-c1cccc[n+]1C. The highest BCUT2D eigenvalue weighted by Gasteiger charge is 2.24. The summed E-state index contributed by atoms with van der Waals surface area (Å²) in [6, 6.07) is 35.9. The number of benzene rings is 4. The molecule has 0 saturated carbocycles. The fourth-order valence-corrected chi connectivity index (χ4v) is 5.51. The molecule has 0 N–H and O–H groups in total. The zero-order chi connectivity index (χ0) is 26.4. The van der Waals surface area contributed by atoms with Crippen LogP contribution in [-0.2, 0) is 12.5 Å². The molecule has 0 bridgehead atoms. The Morgan fingerprint density at radius 1 is 0.763 bits per heavy atom. The Morgan fingerprint density at radius 2 is 1.47 bits per heavy atom. The van der Waals surface area contributed by atoms with E-state index in [2.05, 4.69) is 98.1 Å². The normalized spacial score (nSPS) is 11.7. The number of aryl methyl sites for hydroxylation is 2. The van der Waals surface area contributed by atoms with Crippen LogP contribution in [-0.4, -0.2) is 0 Å². The van der Waals surface area contributed by atoms with E-state index in [0.717, 1.165) is 49.9 Å². The number of nitrogens with zero attached hydrogens (tertiary/aromatic N) is 2. The minimum absolute atomic E-state index is 0.124. The van der Waals surface area contributed by atoms with E-state index in [1.54, 1.807) is 0 Å². The average Bonchev–Trinajstić information content (AvgIpc) is 3.32. The predicted molar refractivity (Wildman–Crippen MR) is 154 cm³/mol. The molecule has 0 spiro atoms. The molecule has 3 heteroatoms. The summed E-state index contributed by atoms with van der Waals surface area (Å²) < 4.78 is 8.82. The van der Waals surface area contributed by atoms with Crippen LogP contribution in [0.3, 0.4) is 0 Å². The topological polar surface area (TPSA) is 40.8 Å². The van der Waals surface area contributed by atoms with Gasteiger partial charge in [0.05, 0.1) is 17.2 Å². The molecule has 6 aromatic rings. The predicted octanol–water partition coefficient (Wildman–Crippen LogP) is 8.25. The summed E-state index contributed by atoms with van der Waals surface area (Å²) in [6.45, 7) is 6.61. The molecule has 6 rings (SSSR count). The number of pyridine rings is 1. The molecule has 4 aromatic carbocycles. The van der Waals surface area contributed by atoms with Crippen molar-refractivity contribution in [1.82, 2.24) is 0 Å². The summed E-state index contributed by atoms with van der Waals surface area (Å²) in [5.41, 5.74) is 9.93. The molecule has 184 valence electrons. The maximum atomic E-state index is 9.88. The maximum absolute atomic E-state index is 9.88. The van der Waals surface area contributed by atoms with Gasteiger partial charge in [0.15, 0.2) is 6.20 Å². The zero-order valence-electron chi connectivity index (χ0n) is 22.1. The van der Waals surface area contributed by atoms with Crippen LogP contribution in [0.2, 0.25) is 0 Å². The minimum atomic E-state index is -0.124. The summed E-state index contributed by atoms with van der Waals surface area (Å²) >= 11 is 0. The van der Waals surface area contributed by atoms with Crippen LogP contribution in [0.25, 0.3) is 44.3 Å². The lowest BCUT2D eigenvalue weighted by molar-refractivity contribution is -0.660. The Labute approximate surface area is 223 Å². The molecule has 0 radical (unpaired) electrons. The van der Waals surface area contributed by atoms with E-state index in [-0.39, 0.29) is 5.41 Å². The fourth-order valence-electron chi connectivity index (χ4n) is 5.51. The molecule has 0 fully saturated rings. The van der Waals surface area contributed by atoms with Crippen molar-refractivity contribution < 1.29 is 8.98 Å². The molecule has 0 aliphatic heterocycles. The van der Waals surface area contributed by atoms with Crippen molar-refractivity contribution in [3.05, 3.63) is 126 Å². The standard InChI is InChI=1S/C35H29N2O/c1-23-13-18-28-30-21-24(22-36)20-29(33(30)38-34(28)32(23)31-12-8-9-19-37(31)4)25-14-16-27(17-15-25)35(2,3)26-10-6-5-7-11-26/h5-21H,1-4H3/q+1. The molecular weight excluding hydrogens is 464 g/mol. The highest BCUT2D eigenvalue weighted by Crippen LogP contribution is 2.42. The van der Waals surface area contributed by atoms with Crippen molar-refractivity contribution in [1.29, 1.82) is 5.26 Å². The van der Waals surface area contributed by atoms with Gasteiger partial charge in [-0.05, 0) is 47.4 Å². The number of hydrogen-bond acceptors (Lipinski definition) is 2. The quantitative estimate of drug-likeness (QED) is 0.232. The average molecular weight is 494 g/mol. The first kappa shape index (κ1) is 23.7. The third-order valence-electron chi connectivity index (χ3n) is 7.80. The molecular formula is C35H29N2O+. The van der Waals surface area contributed by atoms with Gasteiger partial charge in [0.2, 0.25) is 5.69 Å². The summed E-state index contributed by atoms with van der Waals surface area (Å²) in [7, 11) is 2.05. The maximum Gasteiger partial charge on any atom is 0.216 e. The van der Waals surface area contributed by atoms with Crippen LogP contribution in [0.1, 0.15) is 36.1 Å². The van der Waals surface area contributed by atoms with E-state index in [4.69, 9.17) is 4.42 Å². The molecule has 3 nitrogen and oxygen atoms in total. The Morgan fingerprint density at radius 3 is 2.18 bits per heavy atom. The van der Waals surface area contributed by atoms with E-state index >= 15 is 0 Å². The number of furan rings is 1. The van der Waals surface area contributed by atoms with Crippen molar-refractivity contribution in [3.63, 3.8) is 0 Å². The van der Waals surface area contributed by atoms with Crippen LogP contribution >= 0.6 is 0 Å². The first-order chi connectivity index (χ1) is 18.4. The number of rotatable bonds is 4. The smallest absolute Gasteiger partial charge is 0.216 e. The molecule has 0 amide bonds. The van der Waals surface area contributed by atoms with Gasteiger partial charge in [-0.15, -0.1) is 0 Å². The lowest BCUT2D eigenvalue weighted by Crippen LogP contribution is -2.30.